The average Bonchev–Trinajstić information content (AvgIpc) is 3.12. The van der Waals surface area contributed by atoms with Crippen molar-refractivity contribution in [3.8, 4) is 17.2 Å². The zero-order chi connectivity index (χ0) is 19.5. The number of aryl methyl sites for hydroxylation is 2. The number of nitrogens with one attached hydrogen (secondary N) is 1. The van der Waals surface area contributed by atoms with Crippen LogP contribution < -0.4 is 10.1 Å². The van der Waals surface area contributed by atoms with Crippen LogP contribution >= 0.6 is 0 Å². The lowest BCUT2D eigenvalue weighted by Crippen LogP contribution is -2.20. The highest BCUT2D eigenvalue weighted by Gasteiger charge is 2.11. The van der Waals surface area contributed by atoms with E-state index in [0.717, 1.165) is 22.4 Å². The second kappa shape index (κ2) is 7.52. The number of oxazole rings is 1. The molecule has 0 aliphatic rings. The summed E-state index contributed by atoms with van der Waals surface area (Å²) in [4.78, 5) is 20.8. The Kier molecular flexibility index (Phi) is 4.76. The molecule has 0 spiro atoms. The van der Waals surface area contributed by atoms with Crippen molar-refractivity contribution in [3.63, 3.8) is 0 Å². The lowest BCUT2D eigenvalue weighted by molar-refractivity contribution is -0.118. The van der Waals surface area contributed by atoms with Crippen LogP contribution in [0.25, 0.3) is 22.7 Å². The second-order valence-electron chi connectivity index (χ2n) is 6.53. The van der Waals surface area contributed by atoms with Gasteiger partial charge in [0.1, 0.15) is 5.75 Å². The molecule has 0 unspecified atom stereocenters. The number of hydrogen-bond donors (Lipinski definition) is 1. The van der Waals surface area contributed by atoms with Gasteiger partial charge in [-0.1, -0.05) is 12.1 Å². The van der Waals surface area contributed by atoms with Gasteiger partial charge in [-0.3, -0.25) is 4.79 Å². The van der Waals surface area contributed by atoms with Crippen molar-refractivity contribution in [1.82, 2.24) is 9.97 Å². The van der Waals surface area contributed by atoms with Gasteiger partial charge in [0.15, 0.2) is 17.8 Å². The van der Waals surface area contributed by atoms with Crippen molar-refractivity contribution in [1.29, 1.82) is 0 Å². The zero-order valence-electron chi connectivity index (χ0n) is 15.6. The van der Waals surface area contributed by atoms with Crippen molar-refractivity contribution in [2.24, 2.45) is 0 Å². The Morgan fingerprint density at radius 2 is 2.00 bits per heavy atom. The van der Waals surface area contributed by atoms with Gasteiger partial charge < -0.3 is 14.5 Å². The minimum Gasteiger partial charge on any atom is -0.484 e. The maximum Gasteiger partial charge on any atom is 0.262 e. The Labute approximate surface area is 162 Å². The SMILES string of the molecule is Cc1cccc(OCC(=O)Nc2ccc(-c3nc4ncccc4o3)cc2C)c1. The van der Waals surface area contributed by atoms with E-state index < -0.39 is 0 Å². The molecule has 1 amide bonds. The molecule has 2 heterocycles. The van der Waals surface area contributed by atoms with Gasteiger partial charge in [-0.15, -0.1) is 0 Å². The molecule has 6 heteroatoms. The van der Waals surface area contributed by atoms with Crippen molar-refractivity contribution >= 4 is 22.8 Å². The van der Waals surface area contributed by atoms with Crippen molar-refractivity contribution in [2.45, 2.75) is 13.8 Å². The molecule has 0 radical (unpaired) electrons. The largest absolute Gasteiger partial charge is 0.484 e. The quantitative estimate of drug-likeness (QED) is 0.556. The van der Waals surface area contributed by atoms with Crippen LogP contribution in [0, 0.1) is 13.8 Å². The molecule has 6 nitrogen and oxygen atoms in total. The van der Waals surface area contributed by atoms with Crippen LogP contribution in [-0.4, -0.2) is 22.5 Å². The predicted molar refractivity (Wildman–Crippen MR) is 107 cm³/mol. The second-order valence-corrected chi connectivity index (χ2v) is 6.53. The third kappa shape index (κ3) is 3.86. The number of pyridine rings is 1. The lowest BCUT2D eigenvalue weighted by atomic mass is 10.1. The summed E-state index contributed by atoms with van der Waals surface area (Å²) in [6, 6.07) is 16.8. The van der Waals surface area contributed by atoms with Crippen molar-refractivity contribution in [2.75, 3.05) is 11.9 Å². The van der Waals surface area contributed by atoms with Crippen LogP contribution in [0.5, 0.6) is 5.75 Å². The molecule has 4 rings (SSSR count). The van der Waals surface area contributed by atoms with E-state index in [1.165, 1.54) is 0 Å². The highest BCUT2D eigenvalue weighted by atomic mass is 16.5. The third-order valence-corrected chi connectivity index (χ3v) is 4.27. The molecule has 0 saturated heterocycles. The summed E-state index contributed by atoms with van der Waals surface area (Å²) in [5.41, 5.74) is 4.73. The molecular formula is C22H19N3O3. The number of hydrogen-bond acceptors (Lipinski definition) is 5. The first-order chi connectivity index (χ1) is 13.6. The summed E-state index contributed by atoms with van der Waals surface area (Å²) in [5, 5.41) is 2.87. The maximum atomic E-state index is 12.2. The molecule has 0 aliphatic carbocycles. The standard InChI is InChI=1S/C22H19N3O3/c1-14-5-3-6-17(11-14)27-13-20(26)24-18-9-8-16(12-15(18)2)22-25-21-19(28-22)7-4-10-23-21/h3-12H,13H2,1-2H3,(H,24,26). The van der Waals surface area contributed by atoms with Crippen LogP contribution in [0.4, 0.5) is 5.69 Å². The first-order valence-corrected chi connectivity index (χ1v) is 8.90. The fourth-order valence-corrected chi connectivity index (χ4v) is 2.87. The van der Waals surface area contributed by atoms with E-state index in [1.54, 1.807) is 12.3 Å². The van der Waals surface area contributed by atoms with Gasteiger partial charge in [0, 0.05) is 17.4 Å². The number of rotatable bonds is 5. The Hall–Kier alpha value is -3.67. The molecule has 2 aromatic carbocycles. The Morgan fingerprint density at radius 3 is 2.79 bits per heavy atom. The van der Waals surface area contributed by atoms with Crippen molar-refractivity contribution < 1.29 is 13.9 Å². The van der Waals surface area contributed by atoms with Gasteiger partial charge in [0.25, 0.3) is 5.91 Å². The van der Waals surface area contributed by atoms with Crippen LogP contribution in [0.1, 0.15) is 11.1 Å². The minimum absolute atomic E-state index is 0.0541. The first-order valence-electron chi connectivity index (χ1n) is 8.90. The van der Waals surface area contributed by atoms with E-state index in [4.69, 9.17) is 9.15 Å². The fourth-order valence-electron chi connectivity index (χ4n) is 2.87. The molecule has 2 aromatic heterocycles. The molecule has 1 N–H and O–H groups in total. The van der Waals surface area contributed by atoms with Gasteiger partial charge in [0.05, 0.1) is 0 Å². The Morgan fingerprint density at radius 1 is 1.11 bits per heavy atom. The molecular weight excluding hydrogens is 354 g/mol. The van der Waals surface area contributed by atoms with Gasteiger partial charge in [-0.25, -0.2) is 4.98 Å². The Bertz CT molecular complexity index is 1120. The first kappa shape index (κ1) is 17.7. The van der Waals surface area contributed by atoms with Crippen molar-refractivity contribution in [3.05, 3.63) is 71.9 Å². The number of aromatic nitrogens is 2. The van der Waals surface area contributed by atoms with E-state index in [9.17, 15) is 4.79 Å². The summed E-state index contributed by atoms with van der Waals surface area (Å²) in [6.07, 6.45) is 1.68. The molecule has 0 fully saturated rings. The van der Waals surface area contributed by atoms with E-state index in [0.29, 0.717) is 22.9 Å². The van der Waals surface area contributed by atoms with Gasteiger partial charge in [0.2, 0.25) is 5.89 Å². The number of amides is 1. The minimum atomic E-state index is -0.219. The number of carbonyl (C=O) groups excluding carboxylic acids is 1. The van der Waals surface area contributed by atoms with E-state index in [1.807, 2.05) is 62.4 Å². The fraction of sp³-hybridized carbons (Fsp3) is 0.136. The van der Waals surface area contributed by atoms with E-state index in [2.05, 4.69) is 15.3 Å². The number of ether oxygens (including phenoxy) is 1. The highest BCUT2D eigenvalue weighted by Crippen LogP contribution is 2.26. The Balaban J connectivity index is 1.44. The zero-order valence-corrected chi connectivity index (χ0v) is 15.6. The molecule has 140 valence electrons. The normalized spacial score (nSPS) is 10.8. The van der Waals surface area contributed by atoms with E-state index in [-0.39, 0.29) is 12.5 Å². The van der Waals surface area contributed by atoms with Gasteiger partial charge in [-0.05, 0) is 67.4 Å². The van der Waals surface area contributed by atoms with Crippen LogP contribution in [-0.2, 0) is 4.79 Å². The molecule has 28 heavy (non-hydrogen) atoms. The summed E-state index contributed by atoms with van der Waals surface area (Å²) < 4.78 is 11.3. The van der Waals surface area contributed by atoms with E-state index >= 15 is 0 Å². The smallest absolute Gasteiger partial charge is 0.262 e. The predicted octanol–water partition coefficient (Wildman–Crippen LogP) is 4.52. The highest BCUT2D eigenvalue weighted by molar-refractivity contribution is 5.93. The summed E-state index contributed by atoms with van der Waals surface area (Å²) in [6.45, 7) is 3.84. The topological polar surface area (TPSA) is 77.2 Å². The van der Waals surface area contributed by atoms with Gasteiger partial charge >= 0.3 is 0 Å². The van der Waals surface area contributed by atoms with Crippen LogP contribution in [0.3, 0.4) is 0 Å². The number of anilines is 1. The van der Waals surface area contributed by atoms with Crippen LogP contribution in [0.15, 0.2) is 65.2 Å². The summed E-state index contributed by atoms with van der Waals surface area (Å²) >= 11 is 0. The third-order valence-electron chi connectivity index (χ3n) is 4.27. The maximum absolute atomic E-state index is 12.2. The average molecular weight is 373 g/mol. The molecule has 0 atom stereocenters. The number of carbonyl (C=O) groups is 1. The van der Waals surface area contributed by atoms with Crippen LogP contribution in [0.2, 0.25) is 0 Å². The number of benzene rings is 2. The molecule has 0 bridgehead atoms. The molecule has 4 aromatic rings. The molecule has 0 saturated carbocycles. The number of fused-ring (bicyclic) bond motifs is 1. The summed E-state index contributed by atoms with van der Waals surface area (Å²) in [7, 11) is 0. The lowest BCUT2D eigenvalue weighted by Gasteiger charge is -2.10. The summed E-state index contributed by atoms with van der Waals surface area (Å²) in [5.74, 6) is 0.952. The number of nitrogens with zero attached hydrogens (tertiary/aromatic N) is 2. The van der Waals surface area contributed by atoms with Gasteiger partial charge in [-0.2, -0.15) is 4.98 Å². The monoisotopic (exact) mass is 373 g/mol. The molecule has 0 aliphatic heterocycles.